The van der Waals surface area contributed by atoms with E-state index in [1.54, 1.807) is 0 Å². The first-order valence-electron chi connectivity index (χ1n) is 15.2. The van der Waals surface area contributed by atoms with Crippen LogP contribution in [0.25, 0.3) is 43.5 Å². The minimum absolute atomic E-state index is 0.106. The van der Waals surface area contributed by atoms with Crippen molar-refractivity contribution in [2.75, 3.05) is 17.8 Å². The molecule has 7 rings (SSSR count). The van der Waals surface area contributed by atoms with Gasteiger partial charge in [0.15, 0.2) is 0 Å². The molecule has 1 atom stereocenters. The van der Waals surface area contributed by atoms with Crippen LogP contribution in [0.4, 0.5) is 0 Å². The molecule has 0 aliphatic carbocycles. The highest BCUT2D eigenvalue weighted by molar-refractivity contribution is 7.68. The van der Waals surface area contributed by atoms with E-state index in [0.717, 1.165) is 45.7 Å². The number of likely N-dealkylation sites (N-methyl/N-ethyl adjacent to an activating group) is 1. The van der Waals surface area contributed by atoms with E-state index in [1.807, 2.05) is 0 Å². The van der Waals surface area contributed by atoms with Crippen molar-refractivity contribution in [1.82, 2.24) is 0 Å². The lowest BCUT2D eigenvalue weighted by molar-refractivity contribution is 0.314. The molecule has 1 aromatic heterocycles. The van der Waals surface area contributed by atoms with E-state index in [-0.39, 0.29) is 6.04 Å². The average Bonchev–Trinajstić information content (AvgIpc) is 3.26. The number of rotatable bonds is 9. The van der Waals surface area contributed by atoms with E-state index >= 15 is 0 Å². The van der Waals surface area contributed by atoms with Crippen LogP contribution in [0.2, 0.25) is 0 Å². The third kappa shape index (κ3) is 5.56. The summed E-state index contributed by atoms with van der Waals surface area (Å²) in [7, 11) is -2.44. The fraction of sp³-hybridized carbons (Fsp3) is 0.158. The summed E-state index contributed by atoms with van der Waals surface area (Å²) in [5.74, 6) is 0. The second-order valence-corrected chi connectivity index (χ2v) is 14.1. The Bertz CT molecular complexity index is 1940. The highest BCUT2D eigenvalue weighted by Crippen LogP contribution is 2.43. The molecule has 0 aliphatic rings. The van der Waals surface area contributed by atoms with Crippen LogP contribution in [-0.4, -0.2) is 19.2 Å². The number of hydrogen-bond acceptors (Lipinski definition) is 4. The monoisotopic (exact) mass is 615 g/mol. The maximum atomic E-state index is 6.93. The minimum Gasteiger partial charge on any atom is -0.408 e. The van der Waals surface area contributed by atoms with Gasteiger partial charge < -0.3 is 12.9 Å². The normalized spacial score (nSPS) is 12.5. The Kier molecular flexibility index (Phi) is 8.51. The third-order valence-electron chi connectivity index (χ3n) is 8.19. The molecule has 0 radical (unpaired) electrons. The van der Waals surface area contributed by atoms with Gasteiger partial charge in [0, 0.05) is 34.0 Å². The fourth-order valence-corrected chi connectivity index (χ4v) is 9.39. The van der Waals surface area contributed by atoms with Crippen molar-refractivity contribution in [2.45, 2.75) is 26.3 Å². The second-order valence-electron chi connectivity index (χ2n) is 10.8. The van der Waals surface area contributed by atoms with Gasteiger partial charge in [-0.15, -0.1) is 0 Å². The van der Waals surface area contributed by atoms with Gasteiger partial charge in [0.25, 0.3) is 0 Å². The SMILES string of the molecule is CC[C@H](COP(c1ccccc1)c1ccccc1)N(CC)p1oc2ccc3ccccc3c2c2c(ccc3ccccc32)o1. The molecular weight excluding hydrogens is 580 g/mol. The second kappa shape index (κ2) is 13.0. The van der Waals surface area contributed by atoms with Gasteiger partial charge >= 0.3 is 8.16 Å². The minimum atomic E-state index is -1.47. The molecule has 1 heterocycles. The highest BCUT2D eigenvalue weighted by Gasteiger charge is 2.25. The lowest BCUT2D eigenvalue weighted by Gasteiger charge is -2.28. The van der Waals surface area contributed by atoms with Gasteiger partial charge in [-0.2, -0.15) is 4.67 Å². The van der Waals surface area contributed by atoms with Crippen molar-refractivity contribution < 1.29 is 12.9 Å². The molecule has 0 amide bonds. The van der Waals surface area contributed by atoms with Gasteiger partial charge in [-0.1, -0.05) is 135 Å². The smallest absolute Gasteiger partial charge is 0.310 e. The van der Waals surface area contributed by atoms with Gasteiger partial charge in [-0.05, 0) is 40.1 Å². The quantitative estimate of drug-likeness (QED) is 0.152. The zero-order chi connectivity index (χ0) is 29.9. The van der Waals surface area contributed by atoms with E-state index < -0.39 is 16.3 Å². The Hall–Kier alpha value is -3.91. The van der Waals surface area contributed by atoms with Crippen LogP contribution in [-0.2, 0) is 4.52 Å². The van der Waals surface area contributed by atoms with Crippen LogP contribution in [0.5, 0.6) is 0 Å². The Labute approximate surface area is 260 Å². The molecule has 0 fully saturated rings. The number of hydrogen-bond donors (Lipinski definition) is 0. The van der Waals surface area contributed by atoms with Crippen LogP contribution in [0.15, 0.2) is 142 Å². The molecule has 220 valence electrons. The highest BCUT2D eigenvalue weighted by atomic mass is 31.1. The van der Waals surface area contributed by atoms with Crippen LogP contribution in [0.3, 0.4) is 0 Å². The lowest BCUT2D eigenvalue weighted by Crippen LogP contribution is -2.36. The van der Waals surface area contributed by atoms with Gasteiger partial charge in [-0.3, -0.25) is 0 Å². The average molecular weight is 616 g/mol. The van der Waals surface area contributed by atoms with Gasteiger partial charge in [0.2, 0.25) is 0 Å². The lowest BCUT2D eigenvalue weighted by atomic mass is 9.99. The van der Waals surface area contributed by atoms with Crippen LogP contribution < -0.4 is 15.3 Å². The van der Waals surface area contributed by atoms with Crippen LogP contribution >= 0.6 is 16.3 Å². The van der Waals surface area contributed by atoms with E-state index in [9.17, 15) is 0 Å². The van der Waals surface area contributed by atoms with Crippen molar-refractivity contribution in [1.29, 1.82) is 0 Å². The van der Waals surface area contributed by atoms with Gasteiger partial charge in [-0.25, -0.2) is 0 Å². The molecule has 0 saturated carbocycles. The Balaban J connectivity index is 1.36. The summed E-state index contributed by atoms with van der Waals surface area (Å²) in [6, 6.07) is 46.9. The first-order valence-corrected chi connectivity index (χ1v) is 17.6. The molecule has 0 N–H and O–H groups in total. The maximum absolute atomic E-state index is 6.93. The van der Waals surface area contributed by atoms with Crippen molar-refractivity contribution in [3.05, 3.63) is 133 Å². The van der Waals surface area contributed by atoms with Crippen molar-refractivity contribution in [3.63, 3.8) is 0 Å². The summed E-state index contributed by atoms with van der Waals surface area (Å²) < 4.78 is 23.1. The molecule has 44 heavy (non-hydrogen) atoms. The molecule has 4 nitrogen and oxygen atoms in total. The summed E-state index contributed by atoms with van der Waals surface area (Å²) in [6.45, 7) is 5.75. The predicted molar refractivity (Wildman–Crippen MR) is 189 cm³/mol. The number of nitrogens with zero attached hydrogens (tertiary/aromatic N) is 1. The molecule has 7 aromatic rings. The Morgan fingerprint density at radius 3 is 1.57 bits per heavy atom. The van der Waals surface area contributed by atoms with E-state index in [4.69, 9.17) is 12.9 Å². The molecule has 0 aliphatic heterocycles. The summed E-state index contributed by atoms with van der Waals surface area (Å²) in [4.78, 5) is 0. The maximum Gasteiger partial charge on any atom is 0.310 e. The van der Waals surface area contributed by atoms with Gasteiger partial charge in [0.05, 0.1) is 14.8 Å². The van der Waals surface area contributed by atoms with Crippen molar-refractivity contribution >= 4 is 70.4 Å². The standard InChI is InChI=1S/C38H35NO3P2/c1-3-30(27-40-43(31-17-7-5-8-18-31)32-19-9-6-10-20-32)39(4-2)44-41-35-25-23-28-15-11-13-21-33(28)37(35)38-34-22-14-12-16-29(34)24-26-36(38)42-44/h5-26,30H,3-4,27H2,1-2H3/t30-/m1/s1. The third-order valence-corrected chi connectivity index (χ3v) is 11.9. The molecule has 0 unspecified atom stereocenters. The summed E-state index contributed by atoms with van der Waals surface area (Å²) >= 11 is 0. The summed E-state index contributed by atoms with van der Waals surface area (Å²) in [5.41, 5.74) is 1.71. The molecule has 6 aromatic carbocycles. The fourth-order valence-electron chi connectivity index (χ4n) is 5.97. The molecule has 0 saturated heterocycles. The Morgan fingerprint density at radius 2 is 1.09 bits per heavy atom. The topological polar surface area (TPSA) is 38.8 Å². The summed E-state index contributed by atoms with van der Waals surface area (Å²) in [5, 5.41) is 9.30. The first-order chi connectivity index (χ1) is 21.7. The molecule has 6 heteroatoms. The van der Waals surface area contributed by atoms with Crippen LogP contribution in [0.1, 0.15) is 20.3 Å². The number of benzene rings is 6. The molecule has 0 spiro atoms. The van der Waals surface area contributed by atoms with E-state index in [0.29, 0.717) is 6.61 Å². The molecule has 0 bridgehead atoms. The van der Waals surface area contributed by atoms with Crippen molar-refractivity contribution in [2.24, 2.45) is 0 Å². The van der Waals surface area contributed by atoms with Gasteiger partial charge in [0.1, 0.15) is 11.2 Å². The van der Waals surface area contributed by atoms with Crippen LogP contribution in [0, 0.1) is 0 Å². The zero-order valence-corrected chi connectivity index (χ0v) is 26.8. The largest absolute Gasteiger partial charge is 0.408 e. The molecular formula is C38H35NO3P2. The van der Waals surface area contributed by atoms with Crippen molar-refractivity contribution in [3.8, 4) is 0 Å². The summed E-state index contributed by atoms with van der Waals surface area (Å²) in [6.07, 6.45) is 0.904. The van der Waals surface area contributed by atoms with E-state index in [2.05, 4.69) is 152 Å². The Morgan fingerprint density at radius 1 is 0.614 bits per heavy atom. The van der Waals surface area contributed by atoms with E-state index in [1.165, 1.54) is 21.4 Å². The predicted octanol–water partition coefficient (Wildman–Crippen LogP) is 10.4. The first kappa shape index (κ1) is 28.8. The zero-order valence-electron chi connectivity index (χ0n) is 25.0. The number of fused-ring (bicyclic) bond motifs is 7.